The molecule has 2 aromatic rings. The minimum absolute atomic E-state index is 0.431. The minimum atomic E-state index is 0.431. The number of pyridine rings is 1. The number of carbonyl (C=O) groups is 1. The van der Waals surface area contributed by atoms with E-state index in [0.29, 0.717) is 13.1 Å². The van der Waals surface area contributed by atoms with E-state index in [1.165, 1.54) is 10.9 Å². The summed E-state index contributed by atoms with van der Waals surface area (Å²) in [5.74, 6) is 0. The van der Waals surface area contributed by atoms with Crippen molar-refractivity contribution in [2.24, 2.45) is 0 Å². The zero-order valence-electron chi connectivity index (χ0n) is 11.0. The van der Waals surface area contributed by atoms with Gasteiger partial charge in [-0.3, -0.25) is 4.79 Å². The van der Waals surface area contributed by atoms with E-state index in [9.17, 15) is 4.79 Å². The molecule has 1 N–H and O–H groups in total. The van der Waals surface area contributed by atoms with Crippen LogP contribution in [0.2, 0.25) is 0 Å². The molecule has 0 fully saturated rings. The summed E-state index contributed by atoms with van der Waals surface area (Å²) in [5, 5.41) is 1.22. The number of ether oxygens (including phenoxy) is 1. The second-order valence-electron chi connectivity index (χ2n) is 4.00. The smallest absolute Gasteiger partial charge is 0.293 e. The molecule has 0 amide bonds. The average Bonchev–Trinajstić information content (AvgIpc) is 2.74. The fourth-order valence-electron chi connectivity index (χ4n) is 1.55. The van der Waals surface area contributed by atoms with Crippen LogP contribution in [-0.4, -0.2) is 42.0 Å². The van der Waals surface area contributed by atoms with Gasteiger partial charge in [0, 0.05) is 24.3 Å². The van der Waals surface area contributed by atoms with Crippen LogP contribution in [0.1, 0.15) is 12.5 Å². The Morgan fingerprint density at radius 1 is 1.50 bits per heavy atom. The molecule has 0 unspecified atom stereocenters. The standard InChI is InChI=1S/C10H13N3.C3H6O2/c1-13(2)7-8-6-12-10-9(8)4-3-5-11-10;1-2-5-3-4/h3-6H,7H2,1-2H3,(H,11,12);3H,2H2,1H3. The second kappa shape index (κ2) is 7.45. The van der Waals surface area contributed by atoms with Crippen LogP contribution in [0.15, 0.2) is 24.5 Å². The van der Waals surface area contributed by atoms with Crippen molar-refractivity contribution in [2.45, 2.75) is 13.5 Å². The zero-order chi connectivity index (χ0) is 13.4. The molecule has 5 nitrogen and oxygen atoms in total. The molecule has 18 heavy (non-hydrogen) atoms. The van der Waals surface area contributed by atoms with Gasteiger partial charge in [-0.15, -0.1) is 0 Å². The first-order valence-electron chi connectivity index (χ1n) is 5.80. The van der Waals surface area contributed by atoms with Crippen LogP contribution in [0, 0.1) is 0 Å². The van der Waals surface area contributed by atoms with Gasteiger partial charge in [-0.25, -0.2) is 4.98 Å². The summed E-state index contributed by atoms with van der Waals surface area (Å²) in [6.07, 6.45) is 3.83. The molecule has 0 spiro atoms. The van der Waals surface area contributed by atoms with Crippen LogP contribution in [0.5, 0.6) is 0 Å². The van der Waals surface area contributed by atoms with Crippen molar-refractivity contribution in [3.63, 3.8) is 0 Å². The van der Waals surface area contributed by atoms with Crippen molar-refractivity contribution in [2.75, 3.05) is 20.7 Å². The Hall–Kier alpha value is -1.88. The Morgan fingerprint density at radius 2 is 2.28 bits per heavy atom. The summed E-state index contributed by atoms with van der Waals surface area (Å²) in [7, 11) is 4.13. The third-order valence-corrected chi connectivity index (χ3v) is 2.26. The number of hydrogen-bond donors (Lipinski definition) is 1. The first-order chi connectivity index (χ1) is 8.69. The average molecular weight is 249 g/mol. The third-order valence-electron chi connectivity index (χ3n) is 2.26. The SMILES string of the molecule is CCOC=O.CN(C)Cc1c[nH]c2ncccc12. The van der Waals surface area contributed by atoms with Crippen LogP contribution in [0.3, 0.4) is 0 Å². The molecule has 0 aromatic carbocycles. The highest BCUT2D eigenvalue weighted by Gasteiger charge is 2.03. The number of nitrogens with one attached hydrogen (secondary N) is 1. The maximum absolute atomic E-state index is 9.18. The number of H-pyrrole nitrogens is 1. The van der Waals surface area contributed by atoms with Crippen molar-refractivity contribution in [3.05, 3.63) is 30.1 Å². The highest BCUT2D eigenvalue weighted by molar-refractivity contribution is 5.79. The van der Waals surface area contributed by atoms with Gasteiger partial charge in [0.1, 0.15) is 5.65 Å². The molecule has 0 radical (unpaired) electrons. The molecule has 2 aromatic heterocycles. The lowest BCUT2D eigenvalue weighted by Crippen LogP contribution is -2.09. The molecule has 0 atom stereocenters. The summed E-state index contributed by atoms with van der Waals surface area (Å²) >= 11 is 0. The van der Waals surface area contributed by atoms with Crippen LogP contribution >= 0.6 is 0 Å². The van der Waals surface area contributed by atoms with Gasteiger partial charge in [-0.2, -0.15) is 0 Å². The van der Waals surface area contributed by atoms with Crippen molar-refractivity contribution >= 4 is 17.5 Å². The third kappa shape index (κ3) is 4.18. The van der Waals surface area contributed by atoms with E-state index >= 15 is 0 Å². The van der Waals surface area contributed by atoms with Gasteiger partial charge in [0.2, 0.25) is 0 Å². The van der Waals surface area contributed by atoms with Gasteiger partial charge >= 0.3 is 0 Å². The van der Waals surface area contributed by atoms with E-state index in [4.69, 9.17) is 0 Å². The highest BCUT2D eigenvalue weighted by atomic mass is 16.5. The summed E-state index contributed by atoms with van der Waals surface area (Å²) in [5.41, 5.74) is 2.27. The lowest BCUT2D eigenvalue weighted by atomic mass is 10.2. The monoisotopic (exact) mass is 249 g/mol. The predicted molar refractivity (Wildman–Crippen MR) is 71.2 cm³/mol. The molecular weight excluding hydrogens is 230 g/mol. The maximum atomic E-state index is 9.18. The first-order valence-corrected chi connectivity index (χ1v) is 5.80. The van der Waals surface area contributed by atoms with Crippen molar-refractivity contribution < 1.29 is 9.53 Å². The quantitative estimate of drug-likeness (QED) is 0.839. The molecule has 2 rings (SSSR count). The van der Waals surface area contributed by atoms with Gasteiger partial charge in [0.15, 0.2) is 0 Å². The molecular formula is C13H19N3O2. The molecule has 0 aliphatic carbocycles. The largest absolute Gasteiger partial charge is 0.468 e. The van der Waals surface area contributed by atoms with Gasteiger partial charge < -0.3 is 14.6 Å². The maximum Gasteiger partial charge on any atom is 0.293 e. The summed E-state index contributed by atoms with van der Waals surface area (Å²) < 4.78 is 4.15. The van der Waals surface area contributed by atoms with E-state index < -0.39 is 0 Å². The summed E-state index contributed by atoms with van der Waals surface area (Å²) in [4.78, 5) is 18.7. The van der Waals surface area contributed by atoms with Crippen LogP contribution < -0.4 is 0 Å². The predicted octanol–water partition coefficient (Wildman–Crippen LogP) is 1.80. The van der Waals surface area contributed by atoms with Gasteiger partial charge in [0.25, 0.3) is 6.47 Å². The molecule has 0 saturated heterocycles. The van der Waals surface area contributed by atoms with E-state index in [1.807, 2.05) is 12.3 Å². The Labute approximate surface area is 107 Å². The van der Waals surface area contributed by atoms with E-state index in [0.717, 1.165) is 12.2 Å². The summed E-state index contributed by atoms with van der Waals surface area (Å²) in [6, 6.07) is 4.06. The molecule has 0 aliphatic heterocycles. The number of aromatic nitrogens is 2. The number of hydrogen-bond acceptors (Lipinski definition) is 4. The first kappa shape index (κ1) is 14.2. The topological polar surface area (TPSA) is 58.2 Å². The van der Waals surface area contributed by atoms with Crippen molar-refractivity contribution in [1.82, 2.24) is 14.9 Å². The Bertz CT molecular complexity index is 480. The lowest BCUT2D eigenvalue weighted by molar-refractivity contribution is -0.128. The zero-order valence-corrected chi connectivity index (χ0v) is 11.0. The Morgan fingerprint density at radius 3 is 2.83 bits per heavy atom. The summed E-state index contributed by atoms with van der Waals surface area (Å²) in [6.45, 7) is 3.61. The molecule has 5 heteroatoms. The van der Waals surface area contributed by atoms with Crippen LogP contribution in [0.4, 0.5) is 0 Å². The Balaban J connectivity index is 0.000000280. The normalized spacial score (nSPS) is 10.0. The van der Waals surface area contributed by atoms with E-state index in [2.05, 4.69) is 39.8 Å². The molecule has 0 aliphatic rings. The highest BCUT2D eigenvalue weighted by Crippen LogP contribution is 2.16. The fourth-order valence-corrected chi connectivity index (χ4v) is 1.55. The molecule has 0 bridgehead atoms. The molecule has 0 saturated carbocycles. The minimum Gasteiger partial charge on any atom is -0.468 e. The molecule has 98 valence electrons. The number of carbonyl (C=O) groups excluding carboxylic acids is 1. The number of rotatable bonds is 4. The van der Waals surface area contributed by atoms with Crippen LogP contribution in [0.25, 0.3) is 11.0 Å². The molecule has 2 heterocycles. The Kier molecular flexibility index (Phi) is 5.87. The number of aromatic amines is 1. The van der Waals surface area contributed by atoms with Gasteiger partial charge in [-0.05, 0) is 38.7 Å². The second-order valence-corrected chi connectivity index (χ2v) is 4.00. The number of fused-ring (bicyclic) bond motifs is 1. The van der Waals surface area contributed by atoms with Crippen molar-refractivity contribution in [3.8, 4) is 0 Å². The lowest BCUT2D eigenvalue weighted by Gasteiger charge is -2.07. The van der Waals surface area contributed by atoms with E-state index in [1.54, 1.807) is 13.1 Å². The number of nitrogens with zero attached hydrogens (tertiary/aromatic N) is 2. The van der Waals surface area contributed by atoms with E-state index in [-0.39, 0.29) is 0 Å². The van der Waals surface area contributed by atoms with Gasteiger partial charge in [-0.1, -0.05) is 0 Å². The van der Waals surface area contributed by atoms with Gasteiger partial charge in [0.05, 0.1) is 6.61 Å². The fraction of sp³-hybridized carbons (Fsp3) is 0.385. The van der Waals surface area contributed by atoms with Crippen LogP contribution in [-0.2, 0) is 16.1 Å². The van der Waals surface area contributed by atoms with Crippen molar-refractivity contribution in [1.29, 1.82) is 0 Å².